The molecule has 142 valence electrons. The number of amides is 2. The summed E-state index contributed by atoms with van der Waals surface area (Å²) in [6, 6.07) is 23.6. The molecule has 1 fully saturated rings. The Bertz CT molecular complexity index is 1170. The zero-order chi connectivity index (χ0) is 19.9. The van der Waals surface area contributed by atoms with Crippen molar-refractivity contribution in [2.75, 3.05) is 4.90 Å². The fourth-order valence-electron chi connectivity index (χ4n) is 6.02. The van der Waals surface area contributed by atoms with Crippen LogP contribution in [0.2, 0.25) is 5.02 Å². The molecule has 4 heteroatoms. The number of anilines is 1. The highest BCUT2D eigenvalue weighted by Crippen LogP contribution is 2.64. The lowest BCUT2D eigenvalue weighted by Gasteiger charge is -2.52. The number of halogens is 1. The Hall–Kier alpha value is -2.91. The van der Waals surface area contributed by atoms with Gasteiger partial charge >= 0.3 is 0 Å². The Morgan fingerprint density at radius 1 is 0.828 bits per heavy atom. The molecule has 1 aliphatic heterocycles. The van der Waals surface area contributed by atoms with Gasteiger partial charge in [-0.1, -0.05) is 73.1 Å². The van der Waals surface area contributed by atoms with Crippen molar-refractivity contribution in [3.63, 3.8) is 0 Å². The number of hydrogen-bond acceptors (Lipinski definition) is 2. The first-order valence-electron chi connectivity index (χ1n) is 9.85. The summed E-state index contributed by atoms with van der Waals surface area (Å²) in [5, 5.41) is 0.513. The van der Waals surface area contributed by atoms with E-state index in [0.717, 1.165) is 0 Å². The monoisotopic (exact) mass is 399 g/mol. The lowest BCUT2D eigenvalue weighted by molar-refractivity contribution is -0.123. The number of benzene rings is 3. The van der Waals surface area contributed by atoms with Gasteiger partial charge in [0, 0.05) is 16.4 Å². The van der Waals surface area contributed by atoms with Crippen molar-refractivity contribution in [2.45, 2.75) is 18.3 Å². The highest BCUT2D eigenvalue weighted by Gasteiger charge is 2.66. The Morgan fingerprint density at radius 2 is 1.45 bits per heavy atom. The first-order valence-corrected chi connectivity index (χ1v) is 10.2. The largest absolute Gasteiger partial charge is 0.274 e. The summed E-state index contributed by atoms with van der Waals surface area (Å²) in [7, 11) is 0. The quantitative estimate of drug-likeness (QED) is 0.545. The Balaban J connectivity index is 1.63. The summed E-state index contributed by atoms with van der Waals surface area (Å²) >= 11 is 6.17. The number of nitrogens with zero attached hydrogens (tertiary/aromatic N) is 1. The van der Waals surface area contributed by atoms with E-state index in [-0.39, 0.29) is 17.7 Å². The molecule has 2 amide bonds. The maximum Gasteiger partial charge on any atom is 0.238 e. The zero-order valence-electron chi connectivity index (χ0n) is 15.8. The van der Waals surface area contributed by atoms with E-state index in [1.54, 1.807) is 24.3 Å². The van der Waals surface area contributed by atoms with Crippen molar-refractivity contribution in [1.82, 2.24) is 0 Å². The van der Waals surface area contributed by atoms with Crippen LogP contribution in [-0.2, 0) is 15.0 Å². The second-order valence-corrected chi connectivity index (χ2v) is 8.79. The molecular weight excluding hydrogens is 382 g/mol. The van der Waals surface area contributed by atoms with Crippen molar-refractivity contribution < 1.29 is 9.59 Å². The van der Waals surface area contributed by atoms with Crippen molar-refractivity contribution in [2.24, 2.45) is 11.8 Å². The molecule has 4 aliphatic rings. The average Bonchev–Trinajstić information content (AvgIpc) is 3.00. The molecule has 3 aromatic carbocycles. The first kappa shape index (κ1) is 17.0. The molecule has 0 saturated carbocycles. The SMILES string of the molecule is CC12c3ccccc3C(c3ccccc31)[C@H]1C(=O)N(c3cccc(Cl)c3)C(=O)[C@H]12. The predicted molar refractivity (Wildman–Crippen MR) is 112 cm³/mol. The van der Waals surface area contributed by atoms with Gasteiger partial charge < -0.3 is 0 Å². The summed E-state index contributed by atoms with van der Waals surface area (Å²) < 4.78 is 0. The molecule has 0 radical (unpaired) electrons. The maximum atomic E-state index is 13.7. The van der Waals surface area contributed by atoms with Crippen LogP contribution in [0.25, 0.3) is 0 Å². The third-order valence-corrected chi connectivity index (χ3v) is 7.34. The molecule has 3 aliphatic carbocycles. The van der Waals surface area contributed by atoms with Crippen LogP contribution >= 0.6 is 11.6 Å². The highest BCUT2D eigenvalue weighted by molar-refractivity contribution is 6.31. The van der Waals surface area contributed by atoms with E-state index in [0.29, 0.717) is 10.7 Å². The van der Waals surface area contributed by atoms with Crippen LogP contribution < -0.4 is 4.90 Å². The topological polar surface area (TPSA) is 37.4 Å². The summed E-state index contributed by atoms with van der Waals surface area (Å²) in [5.74, 6) is -1.16. The molecule has 0 unspecified atom stereocenters. The predicted octanol–water partition coefficient (Wildman–Crippen LogP) is 4.91. The van der Waals surface area contributed by atoms with E-state index in [4.69, 9.17) is 11.6 Å². The standard InChI is InChI=1S/C25H18ClNO2/c1-25-18-11-4-2-9-16(18)20(17-10-3-5-12-19(17)25)21-22(25)24(29)27(23(21)28)15-8-6-7-14(26)13-15/h2-13,20-22H,1H3/t20?,21-,22+,25?/m1/s1. The van der Waals surface area contributed by atoms with Crippen molar-refractivity contribution >= 4 is 29.1 Å². The number of rotatable bonds is 1. The van der Waals surface area contributed by atoms with Crippen LogP contribution in [0.3, 0.4) is 0 Å². The number of carbonyl (C=O) groups is 2. The lowest BCUT2D eigenvalue weighted by Crippen LogP contribution is -2.51. The van der Waals surface area contributed by atoms with Gasteiger partial charge in [0.1, 0.15) is 0 Å². The minimum atomic E-state index is -0.535. The number of imide groups is 1. The van der Waals surface area contributed by atoms with Gasteiger partial charge in [-0.2, -0.15) is 0 Å². The van der Waals surface area contributed by atoms with Gasteiger partial charge in [0.2, 0.25) is 11.8 Å². The van der Waals surface area contributed by atoms with Crippen LogP contribution in [0, 0.1) is 11.8 Å². The minimum absolute atomic E-state index is 0.102. The van der Waals surface area contributed by atoms with Gasteiger partial charge in [0.15, 0.2) is 0 Å². The Morgan fingerprint density at radius 3 is 2.07 bits per heavy atom. The Kier molecular flexibility index (Phi) is 3.27. The smallest absolute Gasteiger partial charge is 0.238 e. The molecule has 29 heavy (non-hydrogen) atoms. The number of carbonyl (C=O) groups excluding carboxylic acids is 2. The van der Waals surface area contributed by atoms with E-state index in [2.05, 4.69) is 31.2 Å². The maximum absolute atomic E-state index is 13.7. The van der Waals surface area contributed by atoms with Gasteiger partial charge in [0.25, 0.3) is 0 Å². The third kappa shape index (κ3) is 1.94. The average molecular weight is 400 g/mol. The molecule has 1 heterocycles. The first-order chi connectivity index (χ1) is 14.0. The fraction of sp³-hybridized carbons (Fsp3) is 0.200. The second kappa shape index (κ2) is 5.58. The molecule has 7 rings (SSSR count). The van der Waals surface area contributed by atoms with E-state index in [1.807, 2.05) is 24.3 Å². The van der Waals surface area contributed by atoms with Crippen LogP contribution in [0.5, 0.6) is 0 Å². The molecule has 2 bridgehead atoms. The van der Waals surface area contributed by atoms with Crippen LogP contribution in [-0.4, -0.2) is 11.8 Å². The van der Waals surface area contributed by atoms with Crippen LogP contribution in [0.4, 0.5) is 5.69 Å². The summed E-state index contributed by atoms with van der Waals surface area (Å²) in [6.07, 6.45) is 0. The molecule has 0 aromatic heterocycles. The lowest BCUT2D eigenvalue weighted by atomic mass is 9.48. The minimum Gasteiger partial charge on any atom is -0.274 e. The van der Waals surface area contributed by atoms with E-state index in [1.165, 1.54) is 27.2 Å². The van der Waals surface area contributed by atoms with E-state index in [9.17, 15) is 9.59 Å². The molecule has 0 spiro atoms. The normalized spacial score (nSPS) is 28.9. The summed E-state index contributed by atoms with van der Waals surface area (Å²) in [5.41, 5.74) is 4.69. The summed E-state index contributed by atoms with van der Waals surface area (Å²) in [6.45, 7) is 2.13. The van der Waals surface area contributed by atoms with Gasteiger partial charge in [-0.25, -0.2) is 4.90 Å². The molecular formula is C25H18ClNO2. The molecule has 2 atom stereocenters. The zero-order valence-corrected chi connectivity index (χ0v) is 16.6. The molecule has 1 saturated heterocycles. The van der Waals surface area contributed by atoms with Gasteiger partial charge in [-0.05, 0) is 40.5 Å². The van der Waals surface area contributed by atoms with Crippen molar-refractivity contribution in [3.8, 4) is 0 Å². The van der Waals surface area contributed by atoms with Gasteiger partial charge in [0.05, 0.1) is 17.5 Å². The van der Waals surface area contributed by atoms with Crippen molar-refractivity contribution in [3.05, 3.63) is 100 Å². The summed E-state index contributed by atoms with van der Waals surface area (Å²) in [4.78, 5) is 28.8. The van der Waals surface area contributed by atoms with Gasteiger partial charge in [-0.3, -0.25) is 9.59 Å². The number of hydrogen-bond donors (Lipinski definition) is 0. The Labute approximate surface area is 173 Å². The van der Waals surface area contributed by atoms with Crippen molar-refractivity contribution in [1.29, 1.82) is 0 Å². The molecule has 3 aromatic rings. The van der Waals surface area contributed by atoms with E-state index >= 15 is 0 Å². The fourth-order valence-corrected chi connectivity index (χ4v) is 6.21. The molecule has 3 nitrogen and oxygen atoms in total. The van der Waals surface area contributed by atoms with Gasteiger partial charge in [-0.15, -0.1) is 0 Å². The van der Waals surface area contributed by atoms with E-state index < -0.39 is 17.3 Å². The highest BCUT2D eigenvalue weighted by atomic mass is 35.5. The molecule has 0 N–H and O–H groups in total. The van der Waals surface area contributed by atoms with Crippen LogP contribution in [0.15, 0.2) is 72.8 Å². The van der Waals surface area contributed by atoms with Crippen LogP contribution in [0.1, 0.15) is 35.1 Å². The third-order valence-electron chi connectivity index (χ3n) is 7.11. The second-order valence-electron chi connectivity index (χ2n) is 8.35.